The molecule has 0 spiro atoms. The lowest BCUT2D eigenvalue weighted by Crippen LogP contribution is -2.43. The molecule has 5 nitrogen and oxygen atoms in total. The maximum absolute atomic E-state index is 13.9. The zero-order valence-corrected chi connectivity index (χ0v) is 17.4. The molecule has 1 atom stereocenters. The highest BCUT2D eigenvalue weighted by Gasteiger charge is 2.31. The summed E-state index contributed by atoms with van der Waals surface area (Å²) in [6.07, 6.45) is 1.84. The van der Waals surface area contributed by atoms with Crippen LogP contribution in [0.5, 0.6) is 0 Å². The summed E-state index contributed by atoms with van der Waals surface area (Å²) in [5, 5.41) is 5.69. The number of para-hydroxylation sites is 1. The van der Waals surface area contributed by atoms with Gasteiger partial charge in [0.05, 0.1) is 11.9 Å². The normalized spacial score (nSPS) is 15.6. The number of aromatic nitrogens is 2. The van der Waals surface area contributed by atoms with Crippen LogP contribution in [0.3, 0.4) is 0 Å². The lowest BCUT2D eigenvalue weighted by molar-refractivity contribution is 0.0970. The van der Waals surface area contributed by atoms with E-state index in [9.17, 15) is 9.59 Å². The summed E-state index contributed by atoms with van der Waals surface area (Å²) in [5.41, 5.74) is 3.18. The number of rotatable bonds is 3. The van der Waals surface area contributed by atoms with Crippen LogP contribution in [-0.2, 0) is 13.0 Å². The molecule has 0 aliphatic carbocycles. The molecule has 0 bridgehead atoms. The maximum atomic E-state index is 13.9. The number of anilines is 1. The zero-order valence-electron chi connectivity index (χ0n) is 17.4. The van der Waals surface area contributed by atoms with Crippen LogP contribution in [0.25, 0.3) is 10.8 Å². The Bertz CT molecular complexity index is 1330. The first-order valence-electron chi connectivity index (χ1n) is 10.6. The summed E-state index contributed by atoms with van der Waals surface area (Å²) < 4.78 is 1.41. The molecule has 0 N–H and O–H groups in total. The molecule has 5 rings (SSSR count). The van der Waals surface area contributed by atoms with Crippen molar-refractivity contribution in [1.29, 1.82) is 0 Å². The molecule has 2 heterocycles. The number of hydrogen-bond donors (Lipinski definition) is 0. The summed E-state index contributed by atoms with van der Waals surface area (Å²) in [4.78, 5) is 28.8. The molecule has 154 valence electrons. The molecule has 4 aromatic rings. The van der Waals surface area contributed by atoms with Crippen LogP contribution in [0.1, 0.15) is 35.0 Å². The Morgan fingerprint density at radius 1 is 0.935 bits per heavy atom. The Balaban J connectivity index is 1.67. The summed E-state index contributed by atoms with van der Waals surface area (Å²) >= 11 is 0. The first-order valence-corrected chi connectivity index (χ1v) is 10.6. The number of nitrogens with zero attached hydrogens (tertiary/aromatic N) is 3. The Morgan fingerprint density at radius 2 is 1.61 bits per heavy atom. The molecule has 5 heteroatoms. The van der Waals surface area contributed by atoms with E-state index >= 15 is 0 Å². The number of carbonyl (C=O) groups excluding carboxylic acids is 1. The van der Waals surface area contributed by atoms with Crippen molar-refractivity contribution < 1.29 is 4.79 Å². The molecular weight excluding hydrogens is 386 g/mol. The third kappa shape index (κ3) is 3.42. The Morgan fingerprint density at radius 3 is 2.42 bits per heavy atom. The SMILES string of the molecule is CC1CCc2ccccc2N1C(=O)c1nn(Cc2ccccc2)c(=O)c2ccccc12. The molecule has 1 aliphatic heterocycles. The van der Waals surface area contributed by atoms with Gasteiger partial charge < -0.3 is 4.90 Å². The van der Waals surface area contributed by atoms with Gasteiger partial charge in [0.1, 0.15) is 0 Å². The van der Waals surface area contributed by atoms with Crippen molar-refractivity contribution >= 4 is 22.4 Å². The van der Waals surface area contributed by atoms with E-state index in [1.54, 1.807) is 6.07 Å². The van der Waals surface area contributed by atoms with E-state index < -0.39 is 0 Å². The van der Waals surface area contributed by atoms with E-state index in [0.717, 1.165) is 29.7 Å². The lowest BCUT2D eigenvalue weighted by atomic mass is 9.96. The second-order valence-electron chi connectivity index (χ2n) is 8.03. The Labute approximate surface area is 180 Å². The molecule has 31 heavy (non-hydrogen) atoms. The quantitative estimate of drug-likeness (QED) is 0.503. The number of aryl methyl sites for hydroxylation is 1. The third-order valence-electron chi connectivity index (χ3n) is 5.99. The molecule has 3 aromatic carbocycles. The van der Waals surface area contributed by atoms with Crippen LogP contribution in [0, 0.1) is 0 Å². The number of hydrogen-bond acceptors (Lipinski definition) is 3. The smallest absolute Gasteiger partial charge is 0.279 e. The van der Waals surface area contributed by atoms with Gasteiger partial charge in [-0.05, 0) is 43.0 Å². The Hall–Kier alpha value is -3.73. The third-order valence-corrected chi connectivity index (χ3v) is 5.99. The fraction of sp³-hybridized carbons (Fsp3) is 0.192. The minimum Gasteiger partial charge on any atom is -0.304 e. The van der Waals surface area contributed by atoms with Crippen molar-refractivity contribution in [2.75, 3.05) is 4.90 Å². The molecular formula is C26H23N3O2. The van der Waals surface area contributed by atoms with Gasteiger partial charge in [-0.1, -0.05) is 66.7 Å². The van der Waals surface area contributed by atoms with E-state index in [1.165, 1.54) is 4.68 Å². The van der Waals surface area contributed by atoms with Crippen molar-refractivity contribution in [3.8, 4) is 0 Å². The zero-order chi connectivity index (χ0) is 21.4. The van der Waals surface area contributed by atoms with E-state index in [1.807, 2.05) is 71.6 Å². The highest BCUT2D eigenvalue weighted by molar-refractivity contribution is 6.13. The summed E-state index contributed by atoms with van der Waals surface area (Å²) in [6, 6.07) is 25.0. The minimum absolute atomic E-state index is 0.0532. The first kappa shape index (κ1) is 19.2. The topological polar surface area (TPSA) is 55.2 Å². The molecule has 0 saturated heterocycles. The average Bonchev–Trinajstić information content (AvgIpc) is 2.81. The van der Waals surface area contributed by atoms with E-state index in [-0.39, 0.29) is 17.5 Å². The highest BCUT2D eigenvalue weighted by atomic mass is 16.2. The fourth-order valence-corrected chi connectivity index (χ4v) is 4.37. The van der Waals surface area contributed by atoms with Gasteiger partial charge in [-0.25, -0.2) is 4.68 Å². The Kier molecular flexibility index (Phi) is 4.86. The van der Waals surface area contributed by atoms with Crippen LogP contribution < -0.4 is 10.5 Å². The van der Waals surface area contributed by atoms with E-state index in [2.05, 4.69) is 18.1 Å². The van der Waals surface area contributed by atoms with Crippen molar-refractivity contribution in [1.82, 2.24) is 9.78 Å². The van der Waals surface area contributed by atoms with E-state index in [4.69, 9.17) is 0 Å². The van der Waals surface area contributed by atoms with Gasteiger partial charge in [0.2, 0.25) is 0 Å². The van der Waals surface area contributed by atoms with Crippen LogP contribution in [-0.4, -0.2) is 21.7 Å². The second kappa shape index (κ2) is 7.84. The minimum atomic E-state index is -0.192. The molecule has 1 unspecified atom stereocenters. The van der Waals surface area contributed by atoms with Crippen LogP contribution in [0.15, 0.2) is 83.7 Å². The van der Waals surface area contributed by atoms with Crippen molar-refractivity contribution in [2.24, 2.45) is 0 Å². The average molecular weight is 409 g/mol. The predicted octanol–water partition coefficient (Wildman–Crippen LogP) is 4.43. The molecule has 0 radical (unpaired) electrons. The molecule has 0 saturated carbocycles. The van der Waals surface area contributed by atoms with E-state index in [0.29, 0.717) is 23.0 Å². The van der Waals surface area contributed by atoms with Gasteiger partial charge in [0.15, 0.2) is 5.69 Å². The highest BCUT2D eigenvalue weighted by Crippen LogP contribution is 2.32. The van der Waals surface area contributed by atoms with Crippen molar-refractivity contribution in [2.45, 2.75) is 32.4 Å². The summed E-state index contributed by atoms with van der Waals surface area (Å²) in [7, 11) is 0. The standard InChI is InChI=1S/C26H23N3O2/c1-18-15-16-20-11-5-8-14-23(20)29(18)26(31)24-21-12-6-7-13-22(21)25(30)28(27-24)17-19-9-3-2-4-10-19/h2-14,18H,15-17H2,1H3. The molecule has 0 fully saturated rings. The predicted molar refractivity (Wildman–Crippen MR) is 123 cm³/mol. The van der Waals surface area contributed by atoms with Crippen LogP contribution in [0.2, 0.25) is 0 Å². The van der Waals surface area contributed by atoms with Gasteiger partial charge in [0.25, 0.3) is 11.5 Å². The maximum Gasteiger partial charge on any atom is 0.279 e. The van der Waals surface area contributed by atoms with Gasteiger partial charge in [-0.15, -0.1) is 0 Å². The summed E-state index contributed by atoms with van der Waals surface area (Å²) in [5.74, 6) is -0.169. The lowest BCUT2D eigenvalue weighted by Gasteiger charge is -2.35. The van der Waals surface area contributed by atoms with Gasteiger partial charge in [-0.2, -0.15) is 5.10 Å². The summed E-state index contributed by atoms with van der Waals surface area (Å²) in [6.45, 7) is 2.38. The van der Waals surface area contributed by atoms with Gasteiger partial charge >= 0.3 is 0 Å². The monoisotopic (exact) mass is 409 g/mol. The van der Waals surface area contributed by atoms with Crippen LogP contribution in [0.4, 0.5) is 5.69 Å². The number of fused-ring (bicyclic) bond motifs is 2. The molecule has 1 amide bonds. The number of carbonyl (C=O) groups is 1. The second-order valence-corrected chi connectivity index (χ2v) is 8.03. The van der Waals surface area contributed by atoms with Gasteiger partial charge in [0, 0.05) is 17.1 Å². The fourth-order valence-electron chi connectivity index (χ4n) is 4.37. The largest absolute Gasteiger partial charge is 0.304 e. The van der Waals surface area contributed by atoms with Crippen molar-refractivity contribution in [3.63, 3.8) is 0 Å². The molecule has 1 aliphatic rings. The number of amides is 1. The number of benzene rings is 3. The van der Waals surface area contributed by atoms with Crippen LogP contribution >= 0.6 is 0 Å². The first-order chi connectivity index (χ1) is 15.1. The van der Waals surface area contributed by atoms with Crippen molar-refractivity contribution in [3.05, 3.63) is 106 Å². The molecule has 1 aromatic heterocycles. The van der Waals surface area contributed by atoms with Gasteiger partial charge in [-0.3, -0.25) is 9.59 Å².